The van der Waals surface area contributed by atoms with Crippen LogP contribution in [0.25, 0.3) is 0 Å². The Morgan fingerprint density at radius 3 is 2.23 bits per heavy atom. The molecule has 1 aromatic rings. The Hall–Kier alpha value is 1.05. The van der Waals surface area contributed by atoms with Crippen LogP contribution in [0, 0.1) is 5.95 Å². The van der Waals surface area contributed by atoms with Crippen LogP contribution in [0.1, 0.15) is 0 Å². The van der Waals surface area contributed by atoms with Gasteiger partial charge in [-0.25, -0.2) is 4.98 Å². The van der Waals surface area contributed by atoms with Crippen LogP contribution >= 0.6 is 15.9 Å². The zero-order chi connectivity index (χ0) is 9.35. The minimum Gasteiger partial charge on any atom is -0.445 e. The van der Waals surface area contributed by atoms with E-state index in [1.807, 2.05) is 0 Å². The summed E-state index contributed by atoms with van der Waals surface area (Å²) < 4.78 is 48.0. The van der Waals surface area contributed by atoms with Crippen molar-refractivity contribution in [2.75, 3.05) is 0 Å². The fraction of sp³-hybridized carbons (Fsp3) is 0. The number of halogens is 5. The van der Waals surface area contributed by atoms with Gasteiger partial charge in [-0.2, -0.15) is 4.39 Å². The first-order valence-electron chi connectivity index (χ1n) is 2.92. The molecule has 0 saturated heterocycles. The maximum Gasteiger partial charge on any atom is 1.00 e. The van der Waals surface area contributed by atoms with Crippen molar-refractivity contribution >= 4 is 28.4 Å². The van der Waals surface area contributed by atoms with E-state index in [0.29, 0.717) is 12.3 Å². The van der Waals surface area contributed by atoms with E-state index in [9.17, 15) is 17.3 Å². The van der Waals surface area contributed by atoms with Crippen molar-refractivity contribution in [1.29, 1.82) is 0 Å². The van der Waals surface area contributed by atoms with Crippen LogP contribution in [-0.4, -0.2) is 12.0 Å². The molecule has 8 heteroatoms. The van der Waals surface area contributed by atoms with E-state index < -0.39 is 18.4 Å². The van der Waals surface area contributed by atoms with Gasteiger partial charge < -0.3 is 12.9 Å². The summed E-state index contributed by atoms with van der Waals surface area (Å²) in [6.07, 6.45) is 0.472. The van der Waals surface area contributed by atoms with Crippen molar-refractivity contribution in [2.24, 2.45) is 0 Å². The second-order valence-electron chi connectivity index (χ2n) is 2.12. The van der Waals surface area contributed by atoms with E-state index >= 15 is 0 Å². The number of nitrogens with zero attached hydrogens (tertiary/aromatic N) is 1. The molecule has 0 amide bonds. The molecule has 0 spiro atoms. The average Bonchev–Trinajstić information content (AvgIpc) is 1.92. The van der Waals surface area contributed by atoms with Crippen LogP contribution in [0.3, 0.4) is 0 Å². The van der Waals surface area contributed by atoms with Crippen LogP contribution in [0.5, 0.6) is 0 Å². The van der Waals surface area contributed by atoms with Gasteiger partial charge in [-0.15, -0.1) is 0 Å². The van der Waals surface area contributed by atoms with Gasteiger partial charge in [0.2, 0.25) is 5.95 Å². The van der Waals surface area contributed by atoms with Crippen molar-refractivity contribution in [3.8, 4) is 0 Å². The number of hydrogen-bond acceptors (Lipinski definition) is 1. The van der Waals surface area contributed by atoms with Gasteiger partial charge in [0.25, 0.3) is 0 Å². The molecule has 0 aliphatic rings. The average molecular weight is 282 g/mol. The van der Waals surface area contributed by atoms with Gasteiger partial charge >= 0.3 is 58.4 Å². The maximum atomic E-state index is 12.4. The van der Waals surface area contributed by atoms with Crippen molar-refractivity contribution in [3.63, 3.8) is 0 Å². The van der Waals surface area contributed by atoms with E-state index in [-0.39, 0.29) is 55.9 Å². The van der Waals surface area contributed by atoms with Crippen LogP contribution < -0.4 is 56.8 Å². The van der Waals surface area contributed by atoms with Crippen molar-refractivity contribution in [3.05, 3.63) is 22.7 Å². The Morgan fingerprint density at radius 1 is 1.31 bits per heavy atom. The topological polar surface area (TPSA) is 12.9 Å². The molecule has 0 aromatic carbocycles. The molecule has 0 N–H and O–H groups in total. The summed E-state index contributed by atoms with van der Waals surface area (Å²) in [6, 6.07) is 0.669. The predicted octanol–water partition coefficient (Wildman–Crippen LogP) is -0.958. The minimum absolute atomic E-state index is 0. The van der Waals surface area contributed by atoms with Gasteiger partial charge in [-0.05, 0) is 15.9 Å². The molecule has 0 fully saturated rings. The SMILES string of the molecule is Fc1ncc([B-](F)(F)F)cc1Br.[K+]. The second-order valence-corrected chi connectivity index (χ2v) is 2.97. The number of rotatable bonds is 1. The maximum absolute atomic E-state index is 12.4. The van der Waals surface area contributed by atoms with E-state index in [1.165, 1.54) is 0 Å². The summed E-state index contributed by atoms with van der Waals surface area (Å²) >= 11 is 2.61. The normalized spacial score (nSPS) is 10.8. The van der Waals surface area contributed by atoms with Crippen LogP contribution in [0.15, 0.2) is 16.7 Å². The standard InChI is InChI=1S/C5H2BBrF4N.K/c7-4-1-3(6(9,10)11)2-12-5(4)8;/h1-2H;/q-1;+1. The monoisotopic (exact) mass is 281 g/mol. The summed E-state index contributed by atoms with van der Waals surface area (Å²) in [4.78, 5) is 2.93. The molecule has 0 atom stereocenters. The van der Waals surface area contributed by atoms with Gasteiger partial charge in [-0.1, -0.05) is 11.5 Å². The molecule has 0 bridgehead atoms. The molecule has 1 aromatic heterocycles. The van der Waals surface area contributed by atoms with E-state index in [1.54, 1.807) is 0 Å². The summed E-state index contributed by atoms with van der Waals surface area (Å²) in [5, 5.41) is 0. The Balaban J connectivity index is 0.00000144. The van der Waals surface area contributed by atoms with E-state index in [0.717, 1.165) is 0 Å². The zero-order valence-electron chi connectivity index (χ0n) is 6.57. The van der Waals surface area contributed by atoms with E-state index in [2.05, 4.69) is 20.9 Å². The molecule has 13 heavy (non-hydrogen) atoms. The zero-order valence-corrected chi connectivity index (χ0v) is 11.3. The van der Waals surface area contributed by atoms with Gasteiger partial charge in [0.05, 0.1) is 4.47 Å². The van der Waals surface area contributed by atoms with Crippen molar-refractivity contribution in [1.82, 2.24) is 4.98 Å². The van der Waals surface area contributed by atoms with Gasteiger partial charge in [0.1, 0.15) is 0 Å². The molecule has 0 radical (unpaired) electrons. The summed E-state index contributed by atoms with van der Waals surface area (Å²) in [5.74, 6) is -0.946. The molecule has 1 rings (SSSR count). The Morgan fingerprint density at radius 2 is 1.85 bits per heavy atom. The fourth-order valence-corrected chi connectivity index (χ4v) is 0.982. The Bertz CT molecular complexity index is 305. The first kappa shape index (κ1) is 14.1. The van der Waals surface area contributed by atoms with Crippen molar-refractivity contribution < 1.29 is 68.7 Å². The molecular formula is C5H2BBrF4KN. The molecule has 1 heterocycles. The van der Waals surface area contributed by atoms with Crippen molar-refractivity contribution in [2.45, 2.75) is 0 Å². The molecule has 0 unspecified atom stereocenters. The first-order valence-corrected chi connectivity index (χ1v) is 3.71. The molecular weight excluding hydrogens is 280 g/mol. The van der Waals surface area contributed by atoms with Crippen LogP contribution in [-0.2, 0) is 0 Å². The molecule has 0 saturated carbocycles. The largest absolute Gasteiger partial charge is 1.00 e. The van der Waals surface area contributed by atoms with Crippen LogP contribution in [0.2, 0.25) is 0 Å². The molecule has 0 aliphatic carbocycles. The van der Waals surface area contributed by atoms with Gasteiger partial charge in [0, 0.05) is 6.20 Å². The summed E-state index contributed by atoms with van der Waals surface area (Å²) in [7, 11) is 0. The third-order valence-electron chi connectivity index (χ3n) is 1.20. The third-order valence-corrected chi connectivity index (χ3v) is 1.75. The second kappa shape index (κ2) is 5.22. The van der Waals surface area contributed by atoms with Gasteiger partial charge in [0.15, 0.2) is 0 Å². The Labute approximate surface area is 123 Å². The van der Waals surface area contributed by atoms with E-state index in [4.69, 9.17) is 0 Å². The quantitative estimate of drug-likeness (QED) is 0.367. The molecule has 1 nitrogen and oxygen atoms in total. The number of hydrogen-bond donors (Lipinski definition) is 0. The number of aromatic nitrogens is 1. The third kappa shape index (κ3) is 3.96. The minimum atomic E-state index is -5.10. The first-order chi connectivity index (χ1) is 5.41. The summed E-state index contributed by atoms with van der Waals surface area (Å²) in [5.41, 5.74) is -0.914. The summed E-state index contributed by atoms with van der Waals surface area (Å²) in [6.45, 7) is -5.10. The molecule has 66 valence electrons. The van der Waals surface area contributed by atoms with Crippen LogP contribution in [0.4, 0.5) is 17.3 Å². The van der Waals surface area contributed by atoms with Gasteiger partial charge in [-0.3, -0.25) is 0 Å². The smallest absolute Gasteiger partial charge is 0.445 e. The fourth-order valence-electron chi connectivity index (χ4n) is 0.615. The number of pyridine rings is 1. The predicted molar refractivity (Wildman–Crippen MR) is 40.6 cm³/mol. The molecule has 0 aliphatic heterocycles. The Kier molecular flexibility index (Phi) is 5.64.